The molecule has 0 aromatic rings. The normalized spacial score (nSPS) is 15.2. The molecular formula is C14H26O3. The second-order valence-corrected chi connectivity index (χ2v) is 4.71. The van der Waals surface area contributed by atoms with Gasteiger partial charge in [0.25, 0.3) is 5.97 Å². The Kier molecular flexibility index (Phi) is 6.68. The van der Waals surface area contributed by atoms with Crippen molar-refractivity contribution in [1.29, 1.82) is 0 Å². The van der Waals surface area contributed by atoms with Gasteiger partial charge in [-0.05, 0) is 33.6 Å². The summed E-state index contributed by atoms with van der Waals surface area (Å²) in [5, 5.41) is 0. The highest BCUT2D eigenvalue weighted by atomic mass is 16.9. The van der Waals surface area contributed by atoms with Gasteiger partial charge in [0.15, 0.2) is 0 Å². The van der Waals surface area contributed by atoms with Crippen LogP contribution in [-0.4, -0.2) is 25.8 Å². The van der Waals surface area contributed by atoms with Gasteiger partial charge in [0.05, 0.1) is 5.60 Å². The monoisotopic (exact) mass is 242 g/mol. The van der Waals surface area contributed by atoms with Crippen molar-refractivity contribution in [2.75, 3.05) is 14.2 Å². The van der Waals surface area contributed by atoms with Crippen molar-refractivity contribution in [2.45, 2.75) is 52.1 Å². The highest BCUT2D eigenvalue weighted by molar-refractivity contribution is 4.99. The van der Waals surface area contributed by atoms with Crippen molar-refractivity contribution < 1.29 is 14.2 Å². The minimum absolute atomic E-state index is 0.466. The summed E-state index contributed by atoms with van der Waals surface area (Å²) in [6.45, 7) is 11.7. The Balaban J connectivity index is 4.56. The highest BCUT2D eigenvalue weighted by Crippen LogP contribution is 2.27. The van der Waals surface area contributed by atoms with Crippen molar-refractivity contribution in [3.05, 3.63) is 24.3 Å². The lowest BCUT2D eigenvalue weighted by Crippen LogP contribution is -2.42. The van der Waals surface area contributed by atoms with Crippen molar-refractivity contribution in [3.63, 3.8) is 0 Å². The first-order chi connectivity index (χ1) is 7.81. The number of ether oxygens (including phenoxy) is 3. The molecule has 0 fully saturated rings. The molecule has 100 valence electrons. The molecule has 0 aliphatic rings. The third kappa shape index (κ3) is 6.01. The number of rotatable bonds is 8. The Morgan fingerprint density at radius 3 is 2.06 bits per heavy atom. The van der Waals surface area contributed by atoms with Crippen molar-refractivity contribution in [1.82, 2.24) is 0 Å². The van der Waals surface area contributed by atoms with E-state index < -0.39 is 11.6 Å². The summed E-state index contributed by atoms with van der Waals surface area (Å²) in [7, 11) is 3.12. The maximum absolute atomic E-state index is 5.86. The summed E-state index contributed by atoms with van der Waals surface area (Å²) in [5.74, 6) is -1.03. The van der Waals surface area contributed by atoms with Crippen LogP contribution in [0.2, 0.25) is 0 Å². The molecule has 17 heavy (non-hydrogen) atoms. The van der Waals surface area contributed by atoms with Crippen molar-refractivity contribution in [3.8, 4) is 0 Å². The molecule has 0 aromatic carbocycles. The molecule has 0 aromatic heterocycles. The van der Waals surface area contributed by atoms with Crippen LogP contribution in [0.5, 0.6) is 0 Å². The fourth-order valence-corrected chi connectivity index (χ4v) is 1.43. The van der Waals surface area contributed by atoms with E-state index in [0.29, 0.717) is 0 Å². The molecule has 1 unspecified atom stereocenters. The molecular weight excluding hydrogens is 216 g/mol. The molecule has 0 N–H and O–H groups in total. The largest absolute Gasteiger partial charge is 0.331 e. The zero-order chi connectivity index (χ0) is 13.5. The van der Waals surface area contributed by atoms with E-state index in [9.17, 15) is 0 Å². The Morgan fingerprint density at radius 1 is 1.18 bits per heavy atom. The van der Waals surface area contributed by atoms with Gasteiger partial charge in [-0.3, -0.25) is 0 Å². The summed E-state index contributed by atoms with van der Waals surface area (Å²) < 4.78 is 16.3. The Hall–Kier alpha value is -0.640. The molecule has 0 saturated heterocycles. The lowest BCUT2D eigenvalue weighted by molar-refractivity contribution is -0.377. The van der Waals surface area contributed by atoms with Crippen LogP contribution in [0.4, 0.5) is 0 Å². The summed E-state index contributed by atoms with van der Waals surface area (Å²) in [4.78, 5) is 0. The van der Waals surface area contributed by atoms with E-state index in [2.05, 4.69) is 26.5 Å². The van der Waals surface area contributed by atoms with Crippen LogP contribution < -0.4 is 0 Å². The van der Waals surface area contributed by atoms with E-state index in [1.54, 1.807) is 27.2 Å². The smallest absolute Gasteiger partial charge is 0.280 e. The average molecular weight is 242 g/mol. The first-order valence-corrected chi connectivity index (χ1v) is 5.88. The zero-order valence-electron chi connectivity index (χ0n) is 12.0. The zero-order valence-corrected chi connectivity index (χ0v) is 12.0. The van der Waals surface area contributed by atoms with Gasteiger partial charge >= 0.3 is 0 Å². The molecule has 0 heterocycles. The maximum Gasteiger partial charge on any atom is 0.280 e. The van der Waals surface area contributed by atoms with Gasteiger partial charge < -0.3 is 14.2 Å². The van der Waals surface area contributed by atoms with Crippen LogP contribution in [0.25, 0.3) is 0 Å². The van der Waals surface area contributed by atoms with Gasteiger partial charge in [-0.25, -0.2) is 0 Å². The summed E-state index contributed by atoms with van der Waals surface area (Å²) >= 11 is 0. The van der Waals surface area contributed by atoms with Gasteiger partial charge in [0.1, 0.15) is 0 Å². The van der Waals surface area contributed by atoms with E-state index >= 15 is 0 Å². The van der Waals surface area contributed by atoms with Crippen LogP contribution in [0.15, 0.2) is 24.3 Å². The quantitative estimate of drug-likeness (QED) is 0.480. The van der Waals surface area contributed by atoms with Gasteiger partial charge in [-0.1, -0.05) is 17.7 Å². The number of allylic oxidation sites excluding steroid dienone is 2. The molecule has 0 aliphatic carbocycles. The minimum Gasteiger partial charge on any atom is -0.331 e. The molecule has 1 atom stereocenters. The molecule has 0 saturated carbocycles. The Morgan fingerprint density at radius 2 is 1.71 bits per heavy atom. The van der Waals surface area contributed by atoms with Gasteiger partial charge in [0.2, 0.25) is 0 Å². The summed E-state index contributed by atoms with van der Waals surface area (Å²) in [5.41, 5.74) is 0.838. The number of hydrogen-bond donors (Lipinski definition) is 0. The highest BCUT2D eigenvalue weighted by Gasteiger charge is 2.33. The van der Waals surface area contributed by atoms with Crippen molar-refractivity contribution in [2.24, 2.45) is 0 Å². The van der Waals surface area contributed by atoms with Crippen LogP contribution in [0.1, 0.15) is 40.5 Å². The topological polar surface area (TPSA) is 27.7 Å². The van der Waals surface area contributed by atoms with E-state index in [1.165, 1.54) is 5.57 Å². The Labute approximate surface area is 105 Å². The van der Waals surface area contributed by atoms with E-state index in [0.717, 1.165) is 12.8 Å². The van der Waals surface area contributed by atoms with Crippen LogP contribution >= 0.6 is 0 Å². The summed E-state index contributed by atoms with van der Waals surface area (Å²) in [6.07, 6.45) is 5.75. The molecule has 3 heteroatoms. The second-order valence-electron chi connectivity index (χ2n) is 4.71. The number of hydrogen-bond acceptors (Lipinski definition) is 3. The third-order valence-corrected chi connectivity index (χ3v) is 2.79. The predicted molar refractivity (Wildman–Crippen MR) is 70.8 cm³/mol. The van der Waals surface area contributed by atoms with Gasteiger partial charge in [-0.15, -0.1) is 6.58 Å². The number of methoxy groups -OCH3 is 2. The first-order valence-electron chi connectivity index (χ1n) is 5.88. The SMILES string of the molecule is C=CC(C)(CCC=C(C)C)OC(C)(OC)OC. The molecule has 0 radical (unpaired) electrons. The molecule has 0 rings (SSSR count). The fraction of sp³-hybridized carbons (Fsp3) is 0.714. The molecule has 0 spiro atoms. The van der Waals surface area contributed by atoms with Crippen LogP contribution in [0, 0.1) is 0 Å². The van der Waals surface area contributed by atoms with E-state index in [4.69, 9.17) is 14.2 Å². The van der Waals surface area contributed by atoms with Crippen LogP contribution in [0.3, 0.4) is 0 Å². The second kappa shape index (κ2) is 6.94. The molecule has 3 nitrogen and oxygen atoms in total. The molecule has 0 bridgehead atoms. The first kappa shape index (κ1) is 16.4. The fourth-order valence-electron chi connectivity index (χ4n) is 1.43. The molecule has 0 aliphatic heterocycles. The maximum atomic E-state index is 5.86. The van der Waals surface area contributed by atoms with Crippen LogP contribution in [-0.2, 0) is 14.2 Å². The minimum atomic E-state index is -1.03. The summed E-state index contributed by atoms with van der Waals surface area (Å²) in [6, 6.07) is 0. The van der Waals surface area contributed by atoms with Crippen molar-refractivity contribution >= 4 is 0 Å². The van der Waals surface area contributed by atoms with E-state index in [-0.39, 0.29) is 0 Å². The third-order valence-electron chi connectivity index (χ3n) is 2.79. The lowest BCUT2D eigenvalue weighted by Gasteiger charge is -2.36. The predicted octanol–water partition coefficient (Wildman–Crippen LogP) is 3.66. The van der Waals surface area contributed by atoms with Gasteiger partial charge in [0, 0.05) is 21.1 Å². The standard InChI is InChI=1S/C14H26O3/c1-8-13(4,11-9-10-12(2)3)17-14(5,15-6)16-7/h8,10H,1,9,11H2,2-7H3. The van der Waals surface area contributed by atoms with E-state index in [1.807, 2.05) is 6.92 Å². The Bertz CT molecular complexity index is 263. The lowest BCUT2D eigenvalue weighted by atomic mass is 9.99. The average Bonchev–Trinajstić information content (AvgIpc) is 2.28. The molecule has 0 amide bonds. The van der Waals surface area contributed by atoms with Gasteiger partial charge in [-0.2, -0.15) is 0 Å².